The number of sulfonamides is 1. The minimum Gasteiger partial charge on any atom is -0.379 e. The number of nitrogens with two attached hydrogens (primary N) is 2. The van der Waals surface area contributed by atoms with Crippen LogP contribution in [0.3, 0.4) is 0 Å². The largest absolute Gasteiger partial charge is 0.379 e. The fourth-order valence-electron chi connectivity index (χ4n) is 2.36. The zero-order valence-electron chi connectivity index (χ0n) is 14.1. The Labute approximate surface area is 166 Å². The van der Waals surface area contributed by atoms with Gasteiger partial charge in [0.15, 0.2) is 5.96 Å². The standard InChI is InChI=1S/C15H25N5O3S.HI/c16-15(18-6-1-7-20-8-10-23-11-9-20)19-12-13-2-4-14(5-3-13)24(17,21)22;/h2-5H,1,6-12H2,(H3,16,18,19)(H2,17,21,22);1H. The van der Waals surface area contributed by atoms with Crippen LogP contribution < -0.4 is 16.2 Å². The molecule has 1 saturated heterocycles. The summed E-state index contributed by atoms with van der Waals surface area (Å²) < 4.78 is 27.7. The maximum atomic E-state index is 11.2. The Morgan fingerprint density at radius 3 is 2.48 bits per heavy atom. The van der Waals surface area contributed by atoms with E-state index < -0.39 is 10.0 Å². The first-order valence-corrected chi connectivity index (χ1v) is 9.45. The highest BCUT2D eigenvalue weighted by Gasteiger charge is 2.09. The van der Waals surface area contributed by atoms with Gasteiger partial charge in [-0.3, -0.25) is 4.90 Å². The van der Waals surface area contributed by atoms with Gasteiger partial charge >= 0.3 is 0 Å². The van der Waals surface area contributed by atoms with Crippen LogP contribution in [0, 0.1) is 0 Å². The number of guanidine groups is 1. The number of benzene rings is 1. The Kier molecular flexibility index (Phi) is 9.64. The molecule has 10 heteroatoms. The fraction of sp³-hybridized carbons (Fsp3) is 0.533. The third kappa shape index (κ3) is 8.31. The van der Waals surface area contributed by atoms with Gasteiger partial charge in [-0.25, -0.2) is 18.5 Å². The number of halogens is 1. The van der Waals surface area contributed by atoms with E-state index in [-0.39, 0.29) is 28.9 Å². The van der Waals surface area contributed by atoms with E-state index >= 15 is 0 Å². The maximum absolute atomic E-state index is 11.2. The third-order valence-electron chi connectivity index (χ3n) is 3.74. The van der Waals surface area contributed by atoms with Crippen LogP contribution in [0.5, 0.6) is 0 Å². The van der Waals surface area contributed by atoms with Gasteiger partial charge in [0.05, 0.1) is 24.7 Å². The summed E-state index contributed by atoms with van der Waals surface area (Å²) in [6, 6.07) is 6.28. The van der Waals surface area contributed by atoms with Crippen molar-refractivity contribution in [2.45, 2.75) is 17.9 Å². The topological polar surface area (TPSA) is 123 Å². The molecule has 1 aliphatic heterocycles. The highest BCUT2D eigenvalue weighted by molar-refractivity contribution is 14.0. The highest BCUT2D eigenvalue weighted by atomic mass is 127. The molecule has 0 unspecified atom stereocenters. The van der Waals surface area contributed by atoms with Gasteiger partial charge in [0.1, 0.15) is 0 Å². The minimum atomic E-state index is -3.66. The Morgan fingerprint density at radius 1 is 1.24 bits per heavy atom. The number of ether oxygens (including phenoxy) is 1. The summed E-state index contributed by atoms with van der Waals surface area (Å²) in [5, 5.41) is 8.14. The zero-order valence-corrected chi connectivity index (χ0v) is 17.2. The van der Waals surface area contributed by atoms with E-state index in [2.05, 4.69) is 15.2 Å². The SMILES string of the molecule is I.NC(=NCc1ccc(S(N)(=O)=O)cc1)NCCCN1CCOCC1. The molecule has 0 radical (unpaired) electrons. The van der Waals surface area contributed by atoms with Crippen LogP contribution in [0.4, 0.5) is 0 Å². The number of hydrogen-bond donors (Lipinski definition) is 3. The van der Waals surface area contributed by atoms with Gasteiger partial charge in [-0.2, -0.15) is 0 Å². The summed E-state index contributed by atoms with van der Waals surface area (Å²) in [6.07, 6.45) is 0.985. The molecule has 0 spiro atoms. The Hall–Kier alpha value is -0.950. The molecule has 2 rings (SSSR count). The number of nitrogens with zero attached hydrogens (tertiary/aromatic N) is 2. The van der Waals surface area contributed by atoms with Crippen molar-refractivity contribution in [3.05, 3.63) is 29.8 Å². The van der Waals surface area contributed by atoms with Gasteiger partial charge in [0, 0.05) is 19.6 Å². The van der Waals surface area contributed by atoms with E-state index in [1.54, 1.807) is 12.1 Å². The quantitative estimate of drug-likeness (QED) is 0.219. The summed E-state index contributed by atoms with van der Waals surface area (Å²) >= 11 is 0. The molecule has 8 nitrogen and oxygen atoms in total. The lowest BCUT2D eigenvalue weighted by molar-refractivity contribution is 0.0376. The van der Waals surface area contributed by atoms with Gasteiger partial charge in [-0.1, -0.05) is 12.1 Å². The van der Waals surface area contributed by atoms with Gasteiger partial charge < -0.3 is 15.8 Å². The number of morpholine rings is 1. The first-order valence-electron chi connectivity index (χ1n) is 7.91. The molecule has 25 heavy (non-hydrogen) atoms. The Morgan fingerprint density at radius 2 is 1.88 bits per heavy atom. The van der Waals surface area contributed by atoms with Gasteiger partial charge in [-0.15, -0.1) is 24.0 Å². The molecule has 142 valence electrons. The second-order valence-electron chi connectivity index (χ2n) is 5.62. The molecule has 0 aliphatic carbocycles. The van der Waals surface area contributed by atoms with Crippen molar-refractivity contribution in [2.75, 3.05) is 39.4 Å². The van der Waals surface area contributed by atoms with E-state index in [1.165, 1.54) is 12.1 Å². The molecule has 1 aromatic carbocycles. The molecule has 0 saturated carbocycles. The number of nitrogens with one attached hydrogen (secondary N) is 1. The summed E-state index contributed by atoms with van der Waals surface area (Å²) in [7, 11) is -3.66. The molecule has 1 fully saturated rings. The molecule has 1 aromatic rings. The summed E-state index contributed by atoms with van der Waals surface area (Å²) in [4.78, 5) is 6.69. The van der Waals surface area contributed by atoms with Crippen LogP contribution in [-0.4, -0.2) is 58.7 Å². The molecule has 5 N–H and O–H groups in total. The van der Waals surface area contributed by atoms with E-state index in [9.17, 15) is 8.42 Å². The van der Waals surface area contributed by atoms with E-state index in [0.29, 0.717) is 12.5 Å². The lowest BCUT2D eigenvalue weighted by Crippen LogP contribution is -2.39. The molecule has 0 atom stereocenters. The first-order chi connectivity index (χ1) is 11.4. The Balaban J connectivity index is 0.00000312. The highest BCUT2D eigenvalue weighted by Crippen LogP contribution is 2.09. The van der Waals surface area contributed by atoms with Crippen LogP contribution >= 0.6 is 24.0 Å². The fourth-order valence-corrected chi connectivity index (χ4v) is 2.88. The van der Waals surface area contributed by atoms with Crippen LogP contribution in [0.2, 0.25) is 0 Å². The average molecular weight is 483 g/mol. The van der Waals surface area contributed by atoms with Crippen molar-refractivity contribution in [2.24, 2.45) is 15.9 Å². The monoisotopic (exact) mass is 483 g/mol. The molecular formula is C15H26IN5O3S. The van der Waals surface area contributed by atoms with Crippen molar-refractivity contribution < 1.29 is 13.2 Å². The van der Waals surface area contributed by atoms with E-state index in [4.69, 9.17) is 15.6 Å². The van der Waals surface area contributed by atoms with Crippen LogP contribution in [0.1, 0.15) is 12.0 Å². The predicted octanol–water partition coefficient (Wildman–Crippen LogP) is 0.0786. The maximum Gasteiger partial charge on any atom is 0.238 e. The summed E-state index contributed by atoms with van der Waals surface area (Å²) in [5.41, 5.74) is 6.69. The van der Waals surface area contributed by atoms with Gasteiger partial charge in [0.2, 0.25) is 10.0 Å². The van der Waals surface area contributed by atoms with Crippen LogP contribution in [0.25, 0.3) is 0 Å². The van der Waals surface area contributed by atoms with Crippen molar-refractivity contribution in [3.63, 3.8) is 0 Å². The average Bonchev–Trinajstić information content (AvgIpc) is 2.57. The molecule has 0 bridgehead atoms. The van der Waals surface area contributed by atoms with Gasteiger partial charge in [-0.05, 0) is 30.7 Å². The van der Waals surface area contributed by atoms with Crippen molar-refractivity contribution in [1.82, 2.24) is 10.2 Å². The van der Waals surface area contributed by atoms with Crippen molar-refractivity contribution in [1.29, 1.82) is 0 Å². The third-order valence-corrected chi connectivity index (χ3v) is 4.67. The second-order valence-corrected chi connectivity index (χ2v) is 7.19. The van der Waals surface area contributed by atoms with Crippen LogP contribution in [0.15, 0.2) is 34.2 Å². The molecule has 0 aromatic heterocycles. The lowest BCUT2D eigenvalue weighted by atomic mass is 10.2. The van der Waals surface area contributed by atoms with E-state index in [1.807, 2.05) is 0 Å². The summed E-state index contributed by atoms with van der Waals surface area (Å²) in [5.74, 6) is 0.382. The van der Waals surface area contributed by atoms with E-state index in [0.717, 1.165) is 51.4 Å². The van der Waals surface area contributed by atoms with Crippen LogP contribution in [-0.2, 0) is 21.3 Å². The summed E-state index contributed by atoms with van der Waals surface area (Å²) in [6.45, 7) is 5.74. The number of hydrogen-bond acceptors (Lipinski definition) is 5. The molecule has 1 heterocycles. The van der Waals surface area contributed by atoms with Crippen molar-refractivity contribution >= 4 is 40.0 Å². The smallest absolute Gasteiger partial charge is 0.238 e. The molecule has 0 amide bonds. The lowest BCUT2D eigenvalue weighted by Gasteiger charge is -2.26. The van der Waals surface area contributed by atoms with Gasteiger partial charge in [0.25, 0.3) is 0 Å². The molecular weight excluding hydrogens is 457 g/mol. The number of aliphatic imine (C=N–C) groups is 1. The van der Waals surface area contributed by atoms with Crippen molar-refractivity contribution in [3.8, 4) is 0 Å². The Bertz CT molecular complexity index is 646. The first kappa shape index (κ1) is 22.1. The molecule has 1 aliphatic rings. The normalized spacial score (nSPS) is 16.3. The zero-order chi connectivity index (χ0) is 17.4. The minimum absolute atomic E-state index is 0. The second kappa shape index (κ2) is 10.9. The number of rotatable bonds is 7. The number of primary sulfonamides is 1. The predicted molar refractivity (Wildman–Crippen MR) is 108 cm³/mol.